The van der Waals surface area contributed by atoms with Crippen molar-refractivity contribution in [3.05, 3.63) is 54.2 Å². The number of anilines is 1. The number of nitrogens with two attached hydrogens (primary N) is 1. The molecule has 1 aliphatic heterocycles. The lowest BCUT2D eigenvalue weighted by molar-refractivity contribution is -0.122. The fourth-order valence-electron chi connectivity index (χ4n) is 4.22. The summed E-state index contributed by atoms with van der Waals surface area (Å²) in [5.74, 6) is 0.0951. The van der Waals surface area contributed by atoms with E-state index in [4.69, 9.17) is 10.5 Å². The van der Waals surface area contributed by atoms with Crippen molar-refractivity contribution in [2.45, 2.75) is 36.0 Å². The number of piperidine rings is 1. The molecule has 1 aliphatic rings. The van der Waals surface area contributed by atoms with Crippen LogP contribution in [0.5, 0.6) is 5.75 Å². The molecule has 32 heavy (non-hydrogen) atoms. The summed E-state index contributed by atoms with van der Waals surface area (Å²) in [5, 5.41) is 0.802. The number of hydrogen-bond acceptors (Lipinski definition) is 6. The number of fused-ring (bicyclic) bond motifs is 1. The largest absolute Gasteiger partial charge is 0.497 e. The Morgan fingerprint density at radius 3 is 2.44 bits per heavy atom. The van der Waals surface area contributed by atoms with Crippen LogP contribution >= 0.6 is 0 Å². The summed E-state index contributed by atoms with van der Waals surface area (Å²) < 4.78 is 32.5. The topological polar surface area (TPSA) is 103 Å². The molecule has 1 aromatic heterocycles. The van der Waals surface area contributed by atoms with Crippen LogP contribution in [-0.2, 0) is 21.1 Å². The average Bonchev–Trinajstić information content (AvgIpc) is 2.82. The zero-order chi connectivity index (χ0) is 22.9. The molecule has 1 saturated heterocycles. The molecule has 1 amide bonds. The minimum Gasteiger partial charge on any atom is -0.497 e. The van der Waals surface area contributed by atoms with E-state index in [0.717, 1.165) is 22.9 Å². The number of carbonyl (C=O) groups is 1. The van der Waals surface area contributed by atoms with Crippen molar-refractivity contribution < 1.29 is 17.9 Å². The lowest BCUT2D eigenvalue weighted by Gasteiger charge is -2.34. The van der Waals surface area contributed by atoms with E-state index < -0.39 is 9.84 Å². The number of pyridine rings is 1. The van der Waals surface area contributed by atoms with Gasteiger partial charge < -0.3 is 15.4 Å². The first kappa shape index (κ1) is 22.1. The van der Waals surface area contributed by atoms with Crippen LogP contribution in [0.1, 0.15) is 25.3 Å². The second-order valence-corrected chi connectivity index (χ2v) is 9.94. The van der Waals surface area contributed by atoms with E-state index in [1.54, 1.807) is 24.3 Å². The van der Waals surface area contributed by atoms with E-state index in [1.807, 2.05) is 18.2 Å². The Balaban J connectivity index is 1.88. The number of ether oxygens (including phenoxy) is 1. The molecule has 0 radical (unpaired) electrons. The molecule has 0 spiro atoms. The van der Waals surface area contributed by atoms with Crippen molar-refractivity contribution in [3.8, 4) is 5.75 Å². The number of aromatic nitrogens is 1. The number of aryl methyl sites for hydroxylation is 1. The van der Waals surface area contributed by atoms with Gasteiger partial charge >= 0.3 is 0 Å². The molecule has 7 nitrogen and oxygen atoms in total. The molecular weight excluding hydrogens is 426 g/mol. The Hall–Kier alpha value is -3.13. The summed E-state index contributed by atoms with van der Waals surface area (Å²) in [6, 6.07) is 12.3. The van der Waals surface area contributed by atoms with Crippen LogP contribution in [0.15, 0.2) is 58.5 Å². The molecule has 0 atom stereocenters. The number of benzene rings is 2. The number of primary amides is 1. The highest BCUT2D eigenvalue weighted by molar-refractivity contribution is 7.91. The van der Waals surface area contributed by atoms with Gasteiger partial charge in [0.2, 0.25) is 15.7 Å². The molecule has 1 fully saturated rings. The normalized spacial score (nSPS) is 15.1. The van der Waals surface area contributed by atoms with E-state index in [1.165, 1.54) is 13.3 Å². The average molecular weight is 454 g/mol. The second kappa shape index (κ2) is 8.78. The Morgan fingerprint density at radius 1 is 1.16 bits per heavy atom. The highest BCUT2D eigenvalue weighted by Gasteiger charge is 2.30. The standard InChI is InChI=1S/C24H27N3O4S/c1-3-16-4-9-21-20(14-16)23(27-12-10-17(11-13-27)24(25)28)22(15-26-21)32(29,30)19-7-5-18(31-2)6-8-19/h4-9,14-15,17H,3,10-13H2,1-2H3,(H2,25,28). The van der Waals surface area contributed by atoms with Gasteiger partial charge in [0.25, 0.3) is 0 Å². The Kier molecular flexibility index (Phi) is 6.06. The SMILES string of the molecule is CCc1ccc2ncc(S(=O)(=O)c3ccc(OC)cc3)c(N3CCC(C(N)=O)CC3)c2c1. The maximum atomic E-state index is 13.7. The zero-order valence-electron chi connectivity index (χ0n) is 18.2. The molecule has 0 aliphatic carbocycles. The third-order valence-corrected chi connectivity index (χ3v) is 7.92. The third-order valence-electron chi connectivity index (χ3n) is 6.15. The first-order valence-electron chi connectivity index (χ1n) is 10.7. The second-order valence-electron chi connectivity index (χ2n) is 8.02. The summed E-state index contributed by atoms with van der Waals surface area (Å²) in [6.07, 6.45) is 3.46. The fourth-order valence-corrected chi connectivity index (χ4v) is 5.65. The van der Waals surface area contributed by atoms with Gasteiger partial charge in [-0.2, -0.15) is 0 Å². The van der Waals surface area contributed by atoms with E-state index >= 15 is 0 Å². The van der Waals surface area contributed by atoms with Gasteiger partial charge in [-0.15, -0.1) is 0 Å². The van der Waals surface area contributed by atoms with Crippen LogP contribution in [0.25, 0.3) is 10.9 Å². The minimum absolute atomic E-state index is 0.168. The highest BCUT2D eigenvalue weighted by Crippen LogP contribution is 2.38. The number of hydrogen-bond donors (Lipinski definition) is 1. The Morgan fingerprint density at radius 2 is 1.84 bits per heavy atom. The highest BCUT2D eigenvalue weighted by atomic mass is 32.2. The van der Waals surface area contributed by atoms with Crippen molar-refractivity contribution in [1.29, 1.82) is 0 Å². The van der Waals surface area contributed by atoms with Crippen molar-refractivity contribution in [1.82, 2.24) is 4.98 Å². The fraction of sp³-hybridized carbons (Fsp3) is 0.333. The third kappa shape index (κ3) is 4.02. The lowest BCUT2D eigenvalue weighted by atomic mass is 9.95. The van der Waals surface area contributed by atoms with Crippen LogP contribution in [0, 0.1) is 5.92 Å². The molecule has 4 rings (SSSR count). The predicted octanol–water partition coefficient (Wildman–Crippen LogP) is 3.34. The number of amides is 1. The summed E-state index contributed by atoms with van der Waals surface area (Å²) in [4.78, 5) is 18.5. The number of sulfone groups is 1. The maximum absolute atomic E-state index is 13.7. The predicted molar refractivity (Wildman–Crippen MR) is 124 cm³/mol. The van der Waals surface area contributed by atoms with Crippen LogP contribution in [-0.4, -0.2) is 39.5 Å². The van der Waals surface area contributed by atoms with Crippen LogP contribution in [0.3, 0.4) is 0 Å². The summed E-state index contributed by atoms with van der Waals surface area (Å²) >= 11 is 0. The molecule has 2 N–H and O–H groups in total. The molecule has 8 heteroatoms. The number of methoxy groups -OCH3 is 1. The molecule has 2 heterocycles. The van der Waals surface area contributed by atoms with Crippen molar-refractivity contribution in [2.24, 2.45) is 11.7 Å². The first-order chi connectivity index (χ1) is 15.3. The molecular formula is C24H27N3O4S. The van der Waals surface area contributed by atoms with Gasteiger partial charge in [0, 0.05) is 30.6 Å². The Bertz CT molecular complexity index is 1250. The van der Waals surface area contributed by atoms with E-state index in [9.17, 15) is 13.2 Å². The van der Waals surface area contributed by atoms with E-state index in [-0.39, 0.29) is 21.6 Å². The zero-order valence-corrected chi connectivity index (χ0v) is 19.1. The molecule has 3 aromatic rings. The van der Waals surface area contributed by atoms with Gasteiger partial charge in [-0.25, -0.2) is 8.42 Å². The Labute approximate surface area is 188 Å². The first-order valence-corrected chi connectivity index (χ1v) is 12.2. The summed E-state index contributed by atoms with van der Waals surface area (Å²) in [5.41, 5.74) is 7.99. The van der Waals surface area contributed by atoms with Gasteiger partial charge in [-0.1, -0.05) is 13.0 Å². The molecule has 2 aromatic carbocycles. The van der Waals surface area contributed by atoms with E-state index in [2.05, 4.69) is 16.8 Å². The number of carbonyl (C=O) groups excluding carboxylic acids is 1. The molecule has 0 bridgehead atoms. The quantitative estimate of drug-likeness (QED) is 0.614. The monoisotopic (exact) mass is 453 g/mol. The van der Waals surface area contributed by atoms with Crippen molar-refractivity contribution in [3.63, 3.8) is 0 Å². The smallest absolute Gasteiger partial charge is 0.220 e. The summed E-state index contributed by atoms with van der Waals surface area (Å²) in [6.45, 7) is 3.16. The van der Waals surface area contributed by atoms with Gasteiger partial charge in [0.15, 0.2) is 0 Å². The van der Waals surface area contributed by atoms with Gasteiger partial charge in [-0.3, -0.25) is 9.78 Å². The van der Waals surface area contributed by atoms with Crippen molar-refractivity contribution >= 4 is 32.3 Å². The number of nitrogens with zero attached hydrogens (tertiary/aromatic N) is 2. The summed E-state index contributed by atoms with van der Waals surface area (Å²) in [7, 11) is -2.30. The van der Waals surface area contributed by atoms with Crippen molar-refractivity contribution in [2.75, 3.05) is 25.1 Å². The van der Waals surface area contributed by atoms with Crippen LogP contribution < -0.4 is 15.4 Å². The van der Waals surface area contributed by atoms with Gasteiger partial charge in [0.05, 0.1) is 23.2 Å². The number of rotatable bonds is 6. The van der Waals surface area contributed by atoms with Crippen LogP contribution in [0.2, 0.25) is 0 Å². The molecule has 0 saturated carbocycles. The van der Waals surface area contributed by atoms with Crippen LogP contribution in [0.4, 0.5) is 5.69 Å². The molecule has 0 unspecified atom stereocenters. The molecule has 168 valence electrons. The van der Waals surface area contributed by atoms with Gasteiger partial charge in [0.1, 0.15) is 10.6 Å². The minimum atomic E-state index is -3.84. The van der Waals surface area contributed by atoms with Gasteiger partial charge in [-0.05, 0) is 61.2 Å². The lowest BCUT2D eigenvalue weighted by Crippen LogP contribution is -2.39. The maximum Gasteiger partial charge on any atom is 0.220 e. The van der Waals surface area contributed by atoms with E-state index in [0.29, 0.717) is 37.4 Å².